The minimum atomic E-state index is 0.283. The van der Waals surface area contributed by atoms with Crippen LogP contribution in [-0.2, 0) is 0 Å². The Kier molecular flexibility index (Phi) is 4.73. The third-order valence-electron chi connectivity index (χ3n) is 3.81. The summed E-state index contributed by atoms with van der Waals surface area (Å²) in [5.41, 5.74) is 2.14. The molecule has 4 rings (SSSR count). The highest BCUT2D eigenvalue weighted by Gasteiger charge is 2.18. The number of benzene rings is 2. The summed E-state index contributed by atoms with van der Waals surface area (Å²) >= 11 is 18.1. The second-order valence-corrected chi connectivity index (χ2v) is 6.85. The first-order valence-corrected chi connectivity index (χ1v) is 8.86. The predicted molar refractivity (Wildman–Crippen MR) is 107 cm³/mol. The average molecular weight is 422 g/mol. The maximum Gasteiger partial charge on any atom is 0.245 e. The lowest BCUT2D eigenvalue weighted by molar-refractivity contribution is 0.314. The van der Waals surface area contributed by atoms with Crippen LogP contribution in [0.3, 0.4) is 0 Å². The Morgan fingerprint density at radius 1 is 0.889 bits per heavy atom. The Labute approximate surface area is 168 Å². The predicted octanol–water partition coefficient (Wildman–Crippen LogP) is 5.48. The Hall–Kier alpha value is -2.61. The summed E-state index contributed by atoms with van der Waals surface area (Å²) in [7, 11) is 1.85. The zero-order valence-electron chi connectivity index (χ0n) is 13.8. The highest BCUT2D eigenvalue weighted by molar-refractivity contribution is 6.42. The summed E-state index contributed by atoms with van der Waals surface area (Å²) < 4.78 is 4.73. The van der Waals surface area contributed by atoms with Crippen LogP contribution in [-0.4, -0.2) is 27.3 Å². The van der Waals surface area contributed by atoms with Gasteiger partial charge in [-0.2, -0.15) is 0 Å². The molecule has 0 fully saturated rings. The number of hydrogen-bond donors (Lipinski definition) is 1. The van der Waals surface area contributed by atoms with Crippen LogP contribution in [0.25, 0.3) is 11.3 Å². The minimum Gasteiger partial charge on any atom is -0.337 e. The molecule has 2 aromatic heterocycles. The van der Waals surface area contributed by atoms with Gasteiger partial charge in [0.2, 0.25) is 11.3 Å². The molecular weight excluding hydrogens is 411 g/mol. The maximum absolute atomic E-state index is 6.10. The van der Waals surface area contributed by atoms with E-state index in [4.69, 9.17) is 39.4 Å². The molecule has 0 aliphatic carbocycles. The molecule has 0 spiro atoms. The van der Waals surface area contributed by atoms with Crippen molar-refractivity contribution < 1.29 is 4.63 Å². The lowest BCUT2D eigenvalue weighted by atomic mass is 10.3. The van der Waals surface area contributed by atoms with Crippen molar-refractivity contribution in [3.8, 4) is 0 Å². The Morgan fingerprint density at radius 2 is 1.59 bits per heavy atom. The fourth-order valence-electron chi connectivity index (χ4n) is 2.44. The number of aromatic nitrogens is 4. The zero-order valence-corrected chi connectivity index (χ0v) is 16.1. The maximum atomic E-state index is 6.10. The van der Waals surface area contributed by atoms with E-state index in [0.717, 1.165) is 5.69 Å². The first kappa shape index (κ1) is 17.8. The molecule has 0 atom stereocenters. The van der Waals surface area contributed by atoms with Crippen molar-refractivity contribution in [2.75, 3.05) is 17.3 Å². The third-order valence-corrected chi connectivity index (χ3v) is 4.80. The van der Waals surface area contributed by atoms with E-state index in [-0.39, 0.29) is 5.65 Å². The quantitative estimate of drug-likeness (QED) is 0.467. The molecule has 1 N–H and O–H groups in total. The fourth-order valence-corrected chi connectivity index (χ4v) is 2.87. The van der Waals surface area contributed by atoms with E-state index in [1.807, 2.05) is 24.1 Å². The highest BCUT2D eigenvalue weighted by atomic mass is 35.5. The zero-order chi connectivity index (χ0) is 19.0. The van der Waals surface area contributed by atoms with Crippen molar-refractivity contribution in [1.29, 1.82) is 0 Å². The van der Waals surface area contributed by atoms with Crippen molar-refractivity contribution in [2.24, 2.45) is 0 Å². The molecule has 0 unspecified atom stereocenters. The molecule has 136 valence electrons. The molecule has 2 aromatic carbocycles. The molecule has 10 heteroatoms. The number of nitrogens with one attached hydrogen (secondary N) is 1. The summed E-state index contributed by atoms with van der Waals surface area (Å²) in [6.45, 7) is 0. The number of hydrogen-bond acceptors (Lipinski definition) is 7. The summed E-state index contributed by atoms with van der Waals surface area (Å²) in [6, 6.07) is 12.5. The normalized spacial score (nSPS) is 11.0. The van der Waals surface area contributed by atoms with E-state index >= 15 is 0 Å². The number of rotatable bonds is 4. The van der Waals surface area contributed by atoms with Crippen molar-refractivity contribution >= 4 is 69.1 Å². The Balaban J connectivity index is 1.79. The monoisotopic (exact) mass is 420 g/mol. The van der Waals surface area contributed by atoms with Crippen LogP contribution in [0, 0.1) is 0 Å². The first-order valence-electron chi connectivity index (χ1n) is 7.73. The van der Waals surface area contributed by atoms with Gasteiger partial charge in [0, 0.05) is 23.4 Å². The van der Waals surface area contributed by atoms with Gasteiger partial charge in [0.1, 0.15) is 0 Å². The molecule has 4 aromatic rings. The van der Waals surface area contributed by atoms with Gasteiger partial charge in [0.15, 0.2) is 11.6 Å². The summed E-state index contributed by atoms with van der Waals surface area (Å²) in [5.74, 6) is 0.973. The molecule has 2 heterocycles. The Morgan fingerprint density at radius 3 is 2.30 bits per heavy atom. The van der Waals surface area contributed by atoms with Crippen LogP contribution in [0.5, 0.6) is 0 Å². The SMILES string of the molecule is CN(c1ccc(Cl)cc1)c1nc2nonc2nc1Nc1ccc(Cl)c(Cl)c1. The molecule has 7 nitrogen and oxygen atoms in total. The van der Waals surface area contributed by atoms with Crippen molar-refractivity contribution in [3.63, 3.8) is 0 Å². The van der Waals surface area contributed by atoms with Crippen molar-refractivity contribution in [3.05, 3.63) is 57.5 Å². The van der Waals surface area contributed by atoms with Gasteiger partial charge in [-0.3, -0.25) is 0 Å². The second kappa shape index (κ2) is 7.19. The van der Waals surface area contributed by atoms with Gasteiger partial charge in [-0.15, -0.1) is 0 Å². The van der Waals surface area contributed by atoms with Gasteiger partial charge in [-0.1, -0.05) is 34.8 Å². The fraction of sp³-hybridized carbons (Fsp3) is 0.0588. The van der Waals surface area contributed by atoms with Gasteiger partial charge in [-0.05, 0) is 52.8 Å². The van der Waals surface area contributed by atoms with E-state index in [0.29, 0.717) is 38.0 Å². The van der Waals surface area contributed by atoms with Gasteiger partial charge in [0.25, 0.3) is 0 Å². The molecule has 0 saturated carbocycles. The number of nitrogens with zero attached hydrogens (tertiary/aromatic N) is 5. The van der Waals surface area contributed by atoms with Crippen LogP contribution in [0.2, 0.25) is 15.1 Å². The van der Waals surface area contributed by atoms with E-state index < -0.39 is 0 Å². The van der Waals surface area contributed by atoms with Gasteiger partial charge >= 0.3 is 0 Å². The van der Waals surface area contributed by atoms with Crippen LogP contribution in [0.1, 0.15) is 0 Å². The molecule has 0 aliphatic rings. The van der Waals surface area contributed by atoms with Crippen molar-refractivity contribution in [1.82, 2.24) is 20.3 Å². The molecule has 27 heavy (non-hydrogen) atoms. The van der Waals surface area contributed by atoms with Gasteiger partial charge in [0.05, 0.1) is 10.0 Å². The molecular formula is C17H11Cl3N6O. The topological polar surface area (TPSA) is 80.0 Å². The summed E-state index contributed by atoms with van der Waals surface area (Å²) in [6.07, 6.45) is 0. The molecule has 0 saturated heterocycles. The van der Waals surface area contributed by atoms with Gasteiger partial charge in [-0.25, -0.2) is 14.6 Å². The second-order valence-electron chi connectivity index (χ2n) is 5.60. The summed E-state index contributed by atoms with van der Waals surface area (Å²) in [4.78, 5) is 10.8. The number of fused-ring (bicyclic) bond motifs is 1. The van der Waals surface area contributed by atoms with Crippen LogP contribution in [0.4, 0.5) is 23.0 Å². The van der Waals surface area contributed by atoms with E-state index in [1.165, 1.54) is 0 Å². The average Bonchev–Trinajstić information content (AvgIpc) is 3.11. The van der Waals surface area contributed by atoms with E-state index in [1.54, 1.807) is 30.3 Å². The first-order chi connectivity index (χ1) is 13.0. The summed E-state index contributed by atoms with van der Waals surface area (Å²) in [5, 5.41) is 12.2. The minimum absolute atomic E-state index is 0.283. The lowest BCUT2D eigenvalue weighted by Gasteiger charge is -2.21. The molecule has 0 radical (unpaired) electrons. The van der Waals surface area contributed by atoms with E-state index in [2.05, 4.69) is 25.6 Å². The van der Waals surface area contributed by atoms with E-state index in [9.17, 15) is 0 Å². The molecule has 0 bridgehead atoms. The number of anilines is 4. The smallest absolute Gasteiger partial charge is 0.245 e. The van der Waals surface area contributed by atoms with Crippen LogP contribution < -0.4 is 10.2 Å². The lowest BCUT2D eigenvalue weighted by Crippen LogP contribution is -2.14. The number of halogens is 3. The molecule has 0 aliphatic heterocycles. The third kappa shape index (κ3) is 3.62. The Bertz CT molecular complexity index is 1120. The largest absolute Gasteiger partial charge is 0.337 e. The highest BCUT2D eigenvalue weighted by Crippen LogP contribution is 2.33. The molecule has 0 amide bonds. The van der Waals surface area contributed by atoms with Crippen LogP contribution >= 0.6 is 34.8 Å². The van der Waals surface area contributed by atoms with Crippen LogP contribution in [0.15, 0.2) is 47.1 Å². The van der Waals surface area contributed by atoms with Crippen molar-refractivity contribution in [2.45, 2.75) is 0 Å². The standard InChI is InChI=1S/C17H11Cl3N6O/c1-26(11-5-2-9(18)3-6-11)17-16(22-14-15(23-17)25-27-24-14)21-10-4-7-12(19)13(20)8-10/h2-8H,1H3,(H,21,22,24). The van der Waals surface area contributed by atoms with Gasteiger partial charge < -0.3 is 10.2 Å².